The van der Waals surface area contributed by atoms with Gasteiger partial charge < -0.3 is 5.11 Å². The Balaban J connectivity index is 2.45. The van der Waals surface area contributed by atoms with Crippen molar-refractivity contribution in [3.8, 4) is 11.1 Å². The zero-order valence-electron chi connectivity index (χ0n) is 9.84. The number of aromatic carboxylic acids is 1. The molecule has 0 saturated heterocycles. The Morgan fingerprint density at radius 2 is 1.83 bits per heavy atom. The predicted octanol–water partition coefficient (Wildman–Crippen LogP) is 3.91. The van der Waals surface area contributed by atoms with Crippen LogP contribution >= 0.6 is 0 Å². The molecule has 18 heavy (non-hydrogen) atoms. The van der Waals surface area contributed by atoms with Gasteiger partial charge in [0.15, 0.2) is 5.69 Å². The monoisotopic (exact) mass is 237 g/mol. The van der Waals surface area contributed by atoms with E-state index >= 15 is 0 Å². The van der Waals surface area contributed by atoms with E-state index in [-0.39, 0.29) is 5.56 Å². The van der Waals surface area contributed by atoms with E-state index < -0.39 is 5.97 Å². The second-order valence-corrected chi connectivity index (χ2v) is 3.99. The molecule has 1 N–H and O–H groups in total. The van der Waals surface area contributed by atoms with Crippen molar-refractivity contribution in [1.82, 2.24) is 0 Å². The van der Waals surface area contributed by atoms with Gasteiger partial charge in [0.1, 0.15) is 0 Å². The van der Waals surface area contributed by atoms with Crippen molar-refractivity contribution in [2.24, 2.45) is 0 Å². The van der Waals surface area contributed by atoms with Crippen molar-refractivity contribution >= 4 is 11.7 Å². The highest BCUT2D eigenvalue weighted by Gasteiger charge is 2.07. The number of hydrogen-bond acceptors (Lipinski definition) is 1. The van der Waals surface area contributed by atoms with Crippen LogP contribution in [-0.4, -0.2) is 11.1 Å². The first kappa shape index (κ1) is 11.9. The summed E-state index contributed by atoms with van der Waals surface area (Å²) >= 11 is 0. The molecule has 0 radical (unpaired) electrons. The number of aryl methyl sites for hydroxylation is 1. The molecule has 3 heteroatoms. The van der Waals surface area contributed by atoms with Crippen LogP contribution in [0, 0.1) is 13.5 Å². The second kappa shape index (κ2) is 4.72. The lowest BCUT2D eigenvalue weighted by molar-refractivity contribution is 0.0697. The molecule has 0 atom stereocenters. The highest BCUT2D eigenvalue weighted by molar-refractivity contribution is 5.89. The van der Waals surface area contributed by atoms with Gasteiger partial charge in [-0.15, -0.1) is 0 Å². The van der Waals surface area contributed by atoms with Gasteiger partial charge in [0.2, 0.25) is 0 Å². The van der Waals surface area contributed by atoms with Crippen molar-refractivity contribution in [3.05, 3.63) is 65.0 Å². The van der Waals surface area contributed by atoms with E-state index in [2.05, 4.69) is 4.85 Å². The minimum absolute atomic E-state index is 0.286. The van der Waals surface area contributed by atoms with Crippen LogP contribution in [0.4, 0.5) is 5.69 Å². The lowest BCUT2D eigenvalue weighted by Crippen LogP contribution is -1.97. The van der Waals surface area contributed by atoms with Crippen LogP contribution in [0.2, 0.25) is 0 Å². The first-order chi connectivity index (χ1) is 8.61. The van der Waals surface area contributed by atoms with Crippen molar-refractivity contribution in [1.29, 1.82) is 0 Å². The van der Waals surface area contributed by atoms with Gasteiger partial charge in [0.05, 0.1) is 12.1 Å². The van der Waals surface area contributed by atoms with E-state index in [4.69, 9.17) is 11.7 Å². The van der Waals surface area contributed by atoms with Crippen LogP contribution in [0.3, 0.4) is 0 Å². The van der Waals surface area contributed by atoms with E-state index in [1.807, 2.05) is 19.1 Å². The summed E-state index contributed by atoms with van der Waals surface area (Å²) in [5.74, 6) is -0.923. The van der Waals surface area contributed by atoms with Crippen molar-refractivity contribution < 1.29 is 9.90 Å². The summed E-state index contributed by atoms with van der Waals surface area (Å²) in [7, 11) is 0. The molecular weight excluding hydrogens is 226 g/mol. The molecule has 0 heterocycles. The standard InChI is InChI=1S/C15H11NO2/c1-10-9-12(15(17)18)5-8-14(10)11-3-6-13(16-2)7-4-11/h3-9H,1H3,(H,17,18). The molecule has 2 aromatic carbocycles. The average molecular weight is 237 g/mol. The van der Waals surface area contributed by atoms with Crippen LogP contribution in [0.15, 0.2) is 42.5 Å². The first-order valence-electron chi connectivity index (χ1n) is 5.43. The van der Waals surface area contributed by atoms with E-state index in [0.717, 1.165) is 16.7 Å². The van der Waals surface area contributed by atoms with Crippen LogP contribution in [-0.2, 0) is 0 Å². The third-order valence-corrected chi connectivity index (χ3v) is 2.78. The van der Waals surface area contributed by atoms with E-state index in [1.54, 1.807) is 30.3 Å². The van der Waals surface area contributed by atoms with Crippen molar-refractivity contribution in [2.75, 3.05) is 0 Å². The summed E-state index contributed by atoms with van der Waals surface area (Å²) in [4.78, 5) is 14.2. The summed E-state index contributed by atoms with van der Waals surface area (Å²) in [6.45, 7) is 8.78. The number of carboxylic acid groups (broad SMARTS) is 1. The maximum absolute atomic E-state index is 10.9. The number of carbonyl (C=O) groups is 1. The molecule has 2 aromatic rings. The Kier molecular flexibility index (Phi) is 3.11. The van der Waals surface area contributed by atoms with Crippen LogP contribution < -0.4 is 0 Å². The summed E-state index contributed by atoms with van der Waals surface area (Å²) < 4.78 is 0. The minimum atomic E-state index is -0.923. The minimum Gasteiger partial charge on any atom is -0.478 e. The van der Waals surface area contributed by atoms with E-state index in [9.17, 15) is 4.79 Å². The normalized spacial score (nSPS) is 9.78. The Bertz CT molecular complexity index is 637. The maximum atomic E-state index is 10.9. The fourth-order valence-corrected chi connectivity index (χ4v) is 1.84. The number of rotatable bonds is 2. The zero-order chi connectivity index (χ0) is 13.1. The molecule has 0 aliphatic rings. The van der Waals surface area contributed by atoms with Crippen molar-refractivity contribution in [2.45, 2.75) is 6.92 Å². The number of carboxylic acids is 1. The SMILES string of the molecule is [C-]#[N+]c1ccc(-c2ccc(C(=O)O)cc2C)cc1. The Labute approximate surface area is 105 Å². The molecule has 88 valence electrons. The van der Waals surface area contributed by atoms with Gasteiger partial charge in [-0.3, -0.25) is 0 Å². The molecule has 0 unspecified atom stereocenters. The number of nitrogens with zero attached hydrogens (tertiary/aromatic N) is 1. The van der Waals surface area contributed by atoms with E-state index in [0.29, 0.717) is 5.69 Å². The van der Waals surface area contributed by atoms with Crippen molar-refractivity contribution in [3.63, 3.8) is 0 Å². The average Bonchev–Trinajstić information content (AvgIpc) is 2.38. The van der Waals surface area contributed by atoms with Crippen LogP contribution in [0.25, 0.3) is 16.0 Å². The Morgan fingerprint density at radius 1 is 1.17 bits per heavy atom. The third-order valence-electron chi connectivity index (χ3n) is 2.78. The highest BCUT2D eigenvalue weighted by atomic mass is 16.4. The van der Waals surface area contributed by atoms with Gasteiger partial charge in [0.25, 0.3) is 0 Å². The third kappa shape index (κ3) is 2.23. The molecular formula is C15H11NO2. The molecule has 0 fully saturated rings. The molecule has 0 aromatic heterocycles. The number of benzene rings is 2. The first-order valence-corrected chi connectivity index (χ1v) is 5.43. The molecule has 3 nitrogen and oxygen atoms in total. The molecule has 0 aliphatic heterocycles. The molecule has 2 rings (SSSR count). The smallest absolute Gasteiger partial charge is 0.335 e. The molecule has 0 spiro atoms. The predicted molar refractivity (Wildman–Crippen MR) is 69.8 cm³/mol. The fourth-order valence-electron chi connectivity index (χ4n) is 1.84. The summed E-state index contributed by atoms with van der Waals surface area (Å²) in [5.41, 5.74) is 3.76. The lowest BCUT2D eigenvalue weighted by atomic mass is 9.98. The Morgan fingerprint density at radius 3 is 2.33 bits per heavy atom. The van der Waals surface area contributed by atoms with Gasteiger partial charge in [-0.1, -0.05) is 30.3 Å². The number of hydrogen-bond donors (Lipinski definition) is 1. The van der Waals surface area contributed by atoms with Gasteiger partial charge in [-0.25, -0.2) is 9.64 Å². The molecule has 0 amide bonds. The topological polar surface area (TPSA) is 41.7 Å². The summed E-state index contributed by atoms with van der Waals surface area (Å²) in [6.07, 6.45) is 0. The summed E-state index contributed by atoms with van der Waals surface area (Å²) in [6, 6.07) is 12.3. The van der Waals surface area contributed by atoms with Crippen LogP contribution in [0.1, 0.15) is 15.9 Å². The molecule has 0 saturated carbocycles. The lowest BCUT2D eigenvalue weighted by Gasteiger charge is -2.07. The molecule has 0 aliphatic carbocycles. The Hall–Kier alpha value is -2.60. The quantitative estimate of drug-likeness (QED) is 0.804. The fraction of sp³-hybridized carbons (Fsp3) is 0.0667. The zero-order valence-corrected chi connectivity index (χ0v) is 9.84. The van der Waals surface area contributed by atoms with Crippen LogP contribution in [0.5, 0.6) is 0 Å². The highest BCUT2D eigenvalue weighted by Crippen LogP contribution is 2.26. The largest absolute Gasteiger partial charge is 0.478 e. The van der Waals surface area contributed by atoms with Gasteiger partial charge in [-0.05, 0) is 35.7 Å². The second-order valence-electron chi connectivity index (χ2n) is 3.99. The summed E-state index contributed by atoms with van der Waals surface area (Å²) in [5, 5.41) is 8.91. The van der Waals surface area contributed by atoms with Gasteiger partial charge >= 0.3 is 5.97 Å². The van der Waals surface area contributed by atoms with E-state index in [1.165, 1.54) is 0 Å². The van der Waals surface area contributed by atoms with Gasteiger partial charge in [0, 0.05) is 0 Å². The maximum Gasteiger partial charge on any atom is 0.335 e. The van der Waals surface area contributed by atoms with Gasteiger partial charge in [-0.2, -0.15) is 0 Å². The molecule has 0 bridgehead atoms.